The summed E-state index contributed by atoms with van der Waals surface area (Å²) in [6.45, 7) is 1.40. The molecule has 4 nitrogen and oxygen atoms in total. The molecule has 0 saturated carbocycles. The number of hydrogen-bond acceptors (Lipinski definition) is 3. The number of carbonyl (C=O) groups excluding carboxylic acids is 1. The molecule has 5 heteroatoms. The molecule has 1 aliphatic heterocycles. The number of benzene rings is 2. The molecule has 1 fully saturated rings. The molecule has 0 bridgehead atoms. The molecule has 2 aromatic carbocycles. The number of ether oxygens (including phenoxy) is 2. The highest BCUT2D eigenvalue weighted by molar-refractivity contribution is 6.30. The summed E-state index contributed by atoms with van der Waals surface area (Å²) >= 11 is 5.84. The fraction of sp³-hybridized carbons (Fsp3) is 0.316. The van der Waals surface area contributed by atoms with Gasteiger partial charge in [-0.05, 0) is 54.8 Å². The Hall–Kier alpha value is -2.04. The Balaban J connectivity index is 1.47. The lowest BCUT2D eigenvalue weighted by Crippen LogP contribution is -2.16. The van der Waals surface area contributed by atoms with Crippen molar-refractivity contribution in [2.75, 3.05) is 18.5 Å². The highest BCUT2D eigenvalue weighted by Crippen LogP contribution is 2.19. The van der Waals surface area contributed by atoms with Gasteiger partial charge in [-0.25, -0.2) is 0 Å². The van der Waals surface area contributed by atoms with Crippen LogP contribution in [-0.2, 0) is 16.0 Å². The van der Waals surface area contributed by atoms with E-state index < -0.39 is 0 Å². The van der Waals surface area contributed by atoms with Gasteiger partial charge in [0.25, 0.3) is 0 Å². The zero-order valence-electron chi connectivity index (χ0n) is 13.3. The zero-order chi connectivity index (χ0) is 16.8. The summed E-state index contributed by atoms with van der Waals surface area (Å²) in [4.78, 5) is 12.1. The molecule has 0 aliphatic carbocycles. The Labute approximate surface area is 146 Å². The van der Waals surface area contributed by atoms with E-state index in [1.807, 2.05) is 36.4 Å². The van der Waals surface area contributed by atoms with Gasteiger partial charge in [0.05, 0.1) is 12.5 Å². The predicted octanol–water partition coefficient (Wildman–Crippen LogP) is 4.08. The van der Waals surface area contributed by atoms with Crippen molar-refractivity contribution in [3.05, 3.63) is 59.1 Å². The fourth-order valence-corrected chi connectivity index (χ4v) is 2.72. The molecule has 24 heavy (non-hydrogen) atoms. The average Bonchev–Trinajstić information content (AvgIpc) is 3.10. The lowest BCUT2D eigenvalue weighted by Gasteiger charge is -2.12. The van der Waals surface area contributed by atoms with E-state index in [0.29, 0.717) is 18.1 Å². The van der Waals surface area contributed by atoms with E-state index >= 15 is 0 Å². The molecule has 1 saturated heterocycles. The van der Waals surface area contributed by atoms with Crippen molar-refractivity contribution >= 4 is 23.2 Å². The molecule has 1 N–H and O–H groups in total. The summed E-state index contributed by atoms with van der Waals surface area (Å²) in [5, 5.41) is 3.54. The molecular weight excluding hydrogens is 326 g/mol. The predicted molar refractivity (Wildman–Crippen MR) is 94.7 cm³/mol. The molecule has 1 heterocycles. The minimum Gasteiger partial charge on any atom is -0.491 e. The number of rotatable bonds is 6. The van der Waals surface area contributed by atoms with Gasteiger partial charge in [-0.2, -0.15) is 0 Å². The lowest BCUT2D eigenvalue weighted by molar-refractivity contribution is -0.115. The smallest absolute Gasteiger partial charge is 0.228 e. The summed E-state index contributed by atoms with van der Waals surface area (Å²) in [5.74, 6) is 0.714. The summed E-state index contributed by atoms with van der Waals surface area (Å²) in [6.07, 6.45) is 2.67. The van der Waals surface area contributed by atoms with Crippen LogP contribution in [0.1, 0.15) is 18.4 Å². The molecular formula is C19H20ClNO3. The zero-order valence-corrected chi connectivity index (χ0v) is 14.1. The first-order valence-electron chi connectivity index (χ1n) is 8.08. The second kappa shape index (κ2) is 8.18. The van der Waals surface area contributed by atoms with Crippen molar-refractivity contribution < 1.29 is 14.3 Å². The number of halogens is 1. The van der Waals surface area contributed by atoms with Gasteiger partial charge in [-0.1, -0.05) is 23.7 Å². The van der Waals surface area contributed by atoms with Gasteiger partial charge >= 0.3 is 0 Å². The van der Waals surface area contributed by atoms with Crippen LogP contribution in [0, 0.1) is 0 Å². The SMILES string of the molecule is O=C(Cc1ccc(Cl)cc1)Nc1ccc(OC[C@H]2CCCO2)cc1. The van der Waals surface area contributed by atoms with Gasteiger partial charge in [0.2, 0.25) is 5.91 Å². The molecule has 0 unspecified atom stereocenters. The summed E-state index contributed by atoms with van der Waals surface area (Å²) in [5.41, 5.74) is 1.67. The summed E-state index contributed by atoms with van der Waals surface area (Å²) < 4.78 is 11.2. The molecule has 0 aromatic heterocycles. The largest absolute Gasteiger partial charge is 0.491 e. The number of amides is 1. The summed E-state index contributed by atoms with van der Waals surface area (Å²) in [7, 11) is 0. The van der Waals surface area contributed by atoms with Crippen molar-refractivity contribution in [1.29, 1.82) is 0 Å². The van der Waals surface area contributed by atoms with E-state index in [4.69, 9.17) is 21.1 Å². The maximum absolute atomic E-state index is 12.1. The van der Waals surface area contributed by atoms with Crippen LogP contribution < -0.4 is 10.1 Å². The topological polar surface area (TPSA) is 47.6 Å². The highest BCUT2D eigenvalue weighted by atomic mass is 35.5. The van der Waals surface area contributed by atoms with Crippen LogP contribution >= 0.6 is 11.6 Å². The molecule has 126 valence electrons. The molecule has 3 rings (SSSR count). The first-order chi connectivity index (χ1) is 11.7. The normalized spacial score (nSPS) is 16.8. The quantitative estimate of drug-likeness (QED) is 0.858. The van der Waals surface area contributed by atoms with Gasteiger partial charge in [0.1, 0.15) is 12.4 Å². The van der Waals surface area contributed by atoms with E-state index in [0.717, 1.165) is 36.4 Å². The van der Waals surface area contributed by atoms with Crippen molar-refractivity contribution in [2.45, 2.75) is 25.4 Å². The van der Waals surface area contributed by atoms with E-state index in [-0.39, 0.29) is 12.0 Å². The van der Waals surface area contributed by atoms with Crippen molar-refractivity contribution in [3.8, 4) is 5.75 Å². The van der Waals surface area contributed by atoms with Crippen LogP contribution in [0.25, 0.3) is 0 Å². The lowest BCUT2D eigenvalue weighted by atomic mass is 10.1. The first-order valence-corrected chi connectivity index (χ1v) is 8.45. The third-order valence-electron chi connectivity index (χ3n) is 3.88. The molecule has 2 aromatic rings. The van der Waals surface area contributed by atoms with Crippen LogP contribution in [-0.4, -0.2) is 25.2 Å². The second-order valence-electron chi connectivity index (χ2n) is 5.82. The standard InChI is InChI=1S/C19H20ClNO3/c20-15-5-3-14(4-6-15)12-19(22)21-16-7-9-17(10-8-16)24-13-18-2-1-11-23-18/h3-10,18H,1-2,11-13H2,(H,21,22)/t18-/m1/s1. The second-order valence-corrected chi connectivity index (χ2v) is 6.26. The van der Waals surface area contributed by atoms with Gasteiger partial charge in [0.15, 0.2) is 0 Å². The van der Waals surface area contributed by atoms with E-state index in [1.54, 1.807) is 12.1 Å². The Morgan fingerprint density at radius 1 is 1.17 bits per heavy atom. The van der Waals surface area contributed by atoms with Crippen LogP contribution in [0.4, 0.5) is 5.69 Å². The molecule has 0 spiro atoms. The van der Waals surface area contributed by atoms with Gasteiger partial charge in [-0.15, -0.1) is 0 Å². The summed E-state index contributed by atoms with van der Waals surface area (Å²) in [6, 6.07) is 14.7. The molecule has 0 radical (unpaired) electrons. The number of hydrogen-bond donors (Lipinski definition) is 1. The fourth-order valence-electron chi connectivity index (χ4n) is 2.59. The van der Waals surface area contributed by atoms with Crippen LogP contribution in [0.2, 0.25) is 5.02 Å². The monoisotopic (exact) mass is 345 g/mol. The average molecular weight is 346 g/mol. The third-order valence-corrected chi connectivity index (χ3v) is 4.13. The van der Waals surface area contributed by atoms with E-state index in [1.165, 1.54) is 0 Å². The first kappa shape index (κ1) is 16.8. The minimum atomic E-state index is -0.0645. The molecule has 1 atom stereocenters. The van der Waals surface area contributed by atoms with E-state index in [9.17, 15) is 4.79 Å². The molecule has 1 amide bonds. The molecule has 1 aliphatic rings. The Kier molecular flexibility index (Phi) is 5.72. The van der Waals surface area contributed by atoms with Gasteiger partial charge in [0, 0.05) is 17.3 Å². The number of nitrogens with one attached hydrogen (secondary N) is 1. The van der Waals surface area contributed by atoms with E-state index in [2.05, 4.69) is 5.32 Å². The number of carbonyl (C=O) groups is 1. The Morgan fingerprint density at radius 2 is 1.92 bits per heavy atom. The minimum absolute atomic E-state index is 0.0645. The van der Waals surface area contributed by atoms with Crippen molar-refractivity contribution in [3.63, 3.8) is 0 Å². The Morgan fingerprint density at radius 3 is 2.58 bits per heavy atom. The van der Waals surface area contributed by atoms with Crippen LogP contribution in [0.5, 0.6) is 5.75 Å². The van der Waals surface area contributed by atoms with Gasteiger partial charge < -0.3 is 14.8 Å². The van der Waals surface area contributed by atoms with Crippen LogP contribution in [0.3, 0.4) is 0 Å². The maximum Gasteiger partial charge on any atom is 0.228 e. The van der Waals surface area contributed by atoms with Crippen LogP contribution in [0.15, 0.2) is 48.5 Å². The third kappa shape index (κ3) is 4.98. The number of anilines is 1. The van der Waals surface area contributed by atoms with Gasteiger partial charge in [-0.3, -0.25) is 4.79 Å². The highest BCUT2D eigenvalue weighted by Gasteiger charge is 2.15. The van der Waals surface area contributed by atoms with Crippen molar-refractivity contribution in [1.82, 2.24) is 0 Å². The van der Waals surface area contributed by atoms with Crippen molar-refractivity contribution in [2.24, 2.45) is 0 Å². The Bertz CT molecular complexity index is 664. The maximum atomic E-state index is 12.1.